The van der Waals surface area contributed by atoms with E-state index >= 15 is 0 Å². The van der Waals surface area contributed by atoms with Crippen molar-refractivity contribution in [2.75, 3.05) is 7.11 Å². The molecule has 0 amide bonds. The molecule has 2 aromatic rings. The third kappa shape index (κ3) is 1.75. The predicted octanol–water partition coefficient (Wildman–Crippen LogP) is 3.24. The Kier molecular flexibility index (Phi) is 3.46. The molecule has 0 saturated carbocycles. The van der Waals surface area contributed by atoms with Crippen LogP contribution in [-0.4, -0.2) is 17.8 Å². The average Bonchev–Trinajstić information content (AvgIpc) is 2.72. The van der Waals surface area contributed by atoms with Crippen LogP contribution in [0.1, 0.15) is 15.9 Å². The highest BCUT2D eigenvalue weighted by Gasteiger charge is 2.36. The first-order valence-corrected chi connectivity index (χ1v) is 5.64. The maximum absolute atomic E-state index is 12.3. The molecular weight excluding hydrogens is 282 g/mol. The standard InChI is InChI=1S/C14H9NO4.ClH/c1-19-11-7-6-9-8-4-2-3-5-10(8)14(16)12(9)13(11)15(17)18;/h2-7H,1H3;1H. The molecule has 20 heavy (non-hydrogen) atoms. The van der Waals surface area contributed by atoms with Crippen LogP contribution in [0.2, 0.25) is 0 Å². The van der Waals surface area contributed by atoms with E-state index in [1.807, 2.05) is 0 Å². The van der Waals surface area contributed by atoms with Gasteiger partial charge in [0.25, 0.3) is 0 Å². The first-order chi connectivity index (χ1) is 9.15. The molecule has 0 atom stereocenters. The molecule has 0 saturated heterocycles. The second kappa shape index (κ2) is 4.94. The summed E-state index contributed by atoms with van der Waals surface area (Å²) in [7, 11) is 1.35. The monoisotopic (exact) mass is 291 g/mol. The van der Waals surface area contributed by atoms with Crippen LogP contribution >= 0.6 is 12.4 Å². The fourth-order valence-corrected chi connectivity index (χ4v) is 2.42. The zero-order valence-electron chi connectivity index (χ0n) is 10.5. The number of carbonyl (C=O) groups excluding carboxylic acids is 1. The molecule has 0 spiro atoms. The summed E-state index contributed by atoms with van der Waals surface area (Å²) in [6, 6.07) is 10.2. The van der Waals surface area contributed by atoms with Crippen molar-refractivity contribution in [3.63, 3.8) is 0 Å². The number of fused-ring (bicyclic) bond motifs is 3. The molecule has 0 bridgehead atoms. The number of ether oxygens (including phenoxy) is 1. The van der Waals surface area contributed by atoms with Crippen LogP contribution in [0.5, 0.6) is 5.75 Å². The van der Waals surface area contributed by atoms with Crippen molar-refractivity contribution in [1.82, 2.24) is 0 Å². The molecule has 0 aliphatic heterocycles. The number of rotatable bonds is 2. The lowest BCUT2D eigenvalue weighted by molar-refractivity contribution is -0.385. The van der Waals surface area contributed by atoms with E-state index in [2.05, 4.69) is 0 Å². The summed E-state index contributed by atoms with van der Waals surface area (Å²) >= 11 is 0. The highest BCUT2D eigenvalue weighted by molar-refractivity contribution is 6.24. The Hall–Kier alpha value is -2.40. The van der Waals surface area contributed by atoms with Gasteiger partial charge in [-0.2, -0.15) is 0 Å². The van der Waals surface area contributed by atoms with Gasteiger partial charge in [-0.3, -0.25) is 14.9 Å². The van der Waals surface area contributed by atoms with Crippen LogP contribution in [0.3, 0.4) is 0 Å². The molecule has 102 valence electrons. The Balaban J connectivity index is 0.00000147. The SMILES string of the molecule is COc1ccc2c(c1[N+](=O)[O-])C(=O)c1ccccc1-2.Cl. The minimum absolute atomic E-state index is 0. The van der Waals surface area contributed by atoms with Crippen molar-refractivity contribution < 1.29 is 14.5 Å². The van der Waals surface area contributed by atoms with E-state index in [4.69, 9.17) is 4.74 Å². The fourth-order valence-electron chi connectivity index (χ4n) is 2.42. The van der Waals surface area contributed by atoms with Crippen molar-refractivity contribution in [3.8, 4) is 16.9 Å². The van der Waals surface area contributed by atoms with Gasteiger partial charge >= 0.3 is 5.69 Å². The highest BCUT2D eigenvalue weighted by Crippen LogP contribution is 2.44. The highest BCUT2D eigenvalue weighted by atomic mass is 35.5. The number of benzene rings is 2. The summed E-state index contributed by atoms with van der Waals surface area (Å²) < 4.78 is 4.99. The third-order valence-electron chi connectivity index (χ3n) is 3.23. The van der Waals surface area contributed by atoms with Gasteiger partial charge in [-0.1, -0.05) is 24.3 Å². The Bertz CT molecular complexity index is 727. The molecule has 5 nitrogen and oxygen atoms in total. The topological polar surface area (TPSA) is 69.4 Å². The number of ketones is 1. The van der Waals surface area contributed by atoms with Crippen molar-refractivity contribution in [1.29, 1.82) is 0 Å². The van der Waals surface area contributed by atoms with Gasteiger partial charge in [0.2, 0.25) is 5.78 Å². The number of nitrogens with zero attached hydrogens (tertiary/aromatic N) is 1. The molecule has 0 aromatic heterocycles. The minimum atomic E-state index is -0.568. The van der Waals surface area contributed by atoms with Crippen LogP contribution in [0.15, 0.2) is 36.4 Å². The van der Waals surface area contributed by atoms with Gasteiger partial charge in [-0.05, 0) is 17.7 Å². The number of hydrogen-bond donors (Lipinski definition) is 0. The Morgan fingerprint density at radius 2 is 1.70 bits per heavy atom. The zero-order valence-corrected chi connectivity index (χ0v) is 11.3. The first-order valence-electron chi connectivity index (χ1n) is 5.64. The maximum atomic E-state index is 12.3. The number of halogens is 1. The lowest BCUT2D eigenvalue weighted by atomic mass is 10.0. The molecular formula is C14H10ClNO4. The minimum Gasteiger partial charge on any atom is -0.490 e. The molecule has 6 heteroatoms. The quantitative estimate of drug-likeness (QED) is 0.537. The number of hydrogen-bond acceptors (Lipinski definition) is 4. The number of methoxy groups -OCH3 is 1. The van der Waals surface area contributed by atoms with Crippen molar-refractivity contribution in [2.45, 2.75) is 0 Å². The van der Waals surface area contributed by atoms with E-state index < -0.39 is 4.92 Å². The number of nitro groups is 1. The molecule has 0 radical (unpaired) electrons. The first kappa shape index (κ1) is 14.0. The molecule has 0 unspecified atom stereocenters. The maximum Gasteiger partial charge on any atom is 0.322 e. The molecule has 2 aromatic carbocycles. The number of carbonyl (C=O) groups is 1. The van der Waals surface area contributed by atoms with Gasteiger partial charge in [0.15, 0.2) is 5.75 Å². The smallest absolute Gasteiger partial charge is 0.322 e. The second-order valence-electron chi connectivity index (χ2n) is 4.17. The van der Waals surface area contributed by atoms with Crippen LogP contribution < -0.4 is 4.74 Å². The van der Waals surface area contributed by atoms with E-state index in [1.54, 1.807) is 30.3 Å². The van der Waals surface area contributed by atoms with Gasteiger partial charge in [-0.25, -0.2) is 0 Å². The summed E-state index contributed by atoms with van der Waals surface area (Å²) in [4.78, 5) is 23.0. The predicted molar refractivity (Wildman–Crippen MR) is 75.8 cm³/mol. The molecule has 0 N–H and O–H groups in total. The third-order valence-corrected chi connectivity index (χ3v) is 3.23. The van der Waals surface area contributed by atoms with Gasteiger partial charge in [-0.15, -0.1) is 12.4 Å². The Labute approximate surface area is 120 Å². The van der Waals surface area contributed by atoms with E-state index in [-0.39, 0.29) is 35.2 Å². The Morgan fingerprint density at radius 1 is 1.05 bits per heavy atom. The van der Waals surface area contributed by atoms with Crippen molar-refractivity contribution in [2.24, 2.45) is 0 Å². The summed E-state index contributed by atoms with van der Waals surface area (Å²) in [5, 5.41) is 11.2. The molecule has 1 aliphatic carbocycles. The van der Waals surface area contributed by atoms with Crippen molar-refractivity contribution >= 4 is 23.9 Å². The van der Waals surface area contributed by atoms with Gasteiger partial charge in [0, 0.05) is 11.1 Å². The van der Waals surface area contributed by atoms with Crippen LogP contribution in [0.25, 0.3) is 11.1 Å². The Morgan fingerprint density at radius 3 is 2.30 bits per heavy atom. The van der Waals surface area contributed by atoms with E-state index in [1.165, 1.54) is 13.2 Å². The fraction of sp³-hybridized carbons (Fsp3) is 0.0714. The summed E-state index contributed by atoms with van der Waals surface area (Å²) in [6.07, 6.45) is 0. The van der Waals surface area contributed by atoms with Crippen LogP contribution in [0.4, 0.5) is 5.69 Å². The largest absolute Gasteiger partial charge is 0.490 e. The molecule has 0 fully saturated rings. The molecule has 3 rings (SSSR count). The van der Waals surface area contributed by atoms with Gasteiger partial charge < -0.3 is 4.74 Å². The number of nitro benzene ring substituents is 1. The van der Waals surface area contributed by atoms with Crippen LogP contribution in [0, 0.1) is 10.1 Å². The van der Waals surface area contributed by atoms with E-state index in [9.17, 15) is 14.9 Å². The van der Waals surface area contributed by atoms with Gasteiger partial charge in [0.05, 0.1) is 12.0 Å². The van der Waals surface area contributed by atoms with E-state index in [0.29, 0.717) is 11.1 Å². The van der Waals surface area contributed by atoms with Crippen LogP contribution in [-0.2, 0) is 0 Å². The molecule has 0 heterocycles. The molecule has 1 aliphatic rings. The summed E-state index contributed by atoms with van der Waals surface area (Å²) in [6.45, 7) is 0. The van der Waals surface area contributed by atoms with Crippen molar-refractivity contribution in [3.05, 3.63) is 57.6 Å². The summed E-state index contributed by atoms with van der Waals surface area (Å²) in [5.74, 6) is -0.221. The summed E-state index contributed by atoms with van der Waals surface area (Å²) in [5.41, 5.74) is 1.67. The normalized spacial score (nSPS) is 11.3. The lowest BCUT2D eigenvalue weighted by Crippen LogP contribution is -2.03. The zero-order chi connectivity index (χ0) is 13.6. The van der Waals surface area contributed by atoms with E-state index in [0.717, 1.165) is 5.56 Å². The van der Waals surface area contributed by atoms with Gasteiger partial charge in [0.1, 0.15) is 5.56 Å². The average molecular weight is 292 g/mol. The second-order valence-corrected chi connectivity index (χ2v) is 4.17. The lowest BCUT2D eigenvalue weighted by Gasteiger charge is -2.05.